The minimum absolute atomic E-state index is 0.405. The molecule has 8 heteroatoms. The number of aromatic nitrogens is 2. The van der Waals surface area contributed by atoms with Crippen molar-refractivity contribution in [2.75, 3.05) is 36.0 Å². The van der Waals surface area contributed by atoms with Crippen LogP contribution in [0.3, 0.4) is 0 Å². The molecule has 1 fully saturated rings. The first-order chi connectivity index (χ1) is 12.8. The minimum Gasteiger partial charge on any atom is -0.368 e. The summed E-state index contributed by atoms with van der Waals surface area (Å²) in [6, 6.07) is 10.0. The Morgan fingerprint density at radius 2 is 1.56 bits per heavy atom. The quantitative estimate of drug-likeness (QED) is 0.635. The molecule has 0 aliphatic carbocycles. The van der Waals surface area contributed by atoms with Crippen LogP contribution in [0.1, 0.15) is 16.3 Å². The predicted molar refractivity (Wildman–Crippen MR) is 103 cm³/mol. The number of halogens is 3. The highest BCUT2D eigenvalue weighted by Gasteiger charge is 2.37. The average Bonchev–Trinajstić information content (AvgIpc) is 2.95. The third kappa shape index (κ3) is 3.34. The number of hydrogen-bond donors (Lipinski definition) is 0. The molecule has 4 rings (SSSR count). The highest BCUT2D eigenvalue weighted by Crippen LogP contribution is 2.38. The van der Waals surface area contributed by atoms with Crippen molar-refractivity contribution in [3.05, 3.63) is 46.6 Å². The monoisotopic (exact) mass is 392 g/mol. The molecule has 1 aromatic carbocycles. The highest BCUT2D eigenvalue weighted by molar-refractivity contribution is 7.18. The van der Waals surface area contributed by atoms with E-state index in [9.17, 15) is 13.2 Å². The Labute approximate surface area is 159 Å². The smallest absolute Gasteiger partial charge is 0.368 e. The van der Waals surface area contributed by atoms with Gasteiger partial charge in [-0.1, -0.05) is 18.2 Å². The number of hydrogen-bond acceptors (Lipinski definition) is 5. The van der Waals surface area contributed by atoms with E-state index in [0.29, 0.717) is 23.7 Å². The molecule has 27 heavy (non-hydrogen) atoms. The number of alkyl halides is 3. The van der Waals surface area contributed by atoms with E-state index < -0.39 is 12.0 Å². The molecule has 2 aromatic heterocycles. The van der Waals surface area contributed by atoms with E-state index in [0.717, 1.165) is 34.6 Å². The van der Waals surface area contributed by atoms with E-state index >= 15 is 0 Å². The Kier molecular flexibility index (Phi) is 4.46. The number of thiophene rings is 1. The number of anilines is 2. The second-order valence-corrected chi connectivity index (χ2v) is 7.84. The lowest BCUT2D eigenvalue weighted by Crippen LogP contribution is -2.47. The fourth-order valence-electron chi connectivity index (χ4n) is 3.40. The third-order valence-electron chi connectivity index (χ3n) is 4.96. The molecule has 0 bridgehead atoms. The van der Waals surface area contributed by atoms with Crippen LogP contribution >= 0.6 is 11.3 Å². The fourth-order valence-corrected chi connectivity index (χ4v) is 4.42. The van der Waals surface area contributed by atoms with Crippen LogP contribution in [-0.2, 0) is 6.18 Å². The summed E-state index contributed by atoms with van der Waals surface area (Å²) in [6.45, 7) is 6.54. The Morgan fingerprint density at radius 1 is 0.926 bits per heavy atom. The van der Waals surface area contributed by atoms with Gasteiger partial charge in [-0.2, -0.15) is 13.2 Å². The van der Waals surface area contributed by atoms with Gasteiger partial charge in [0, 0.05) is 36.7 Å². The van der Waals surface area contributed by atoms with Crippen molar-refractivity contribution >= 4 is 33.1 Å². The van der Waals surface area contributed by atoms with Crippen molar-refractivity contribution in [2.24, 2.45) is 0 Å². The lowest BCUT2D eigenvalue weighted by atomic mass is 10.2. The number of aryl methyl sites for hydroxylation is 2. The number of piperazine rings is 1. The second-order valence-electron chi connectivity index (χ2n) is 6.64. The Bertz CT molecular complexity index is 960. The predicted octanol–water partition coefficient (Wildman–Crippen LogP) is 4.65. The van der Waals surface area contributed by atoms with Gasteiger partial charge in [-0.25, -0.2) is 9.97 Å². The molecule has 0 N–H and O–H groups in total. The molecule has 3 heterocycles. The molecule has 0 amide bonds. The van der Waals surface area contributed by atoms with Crippen LogP contribution < -0.4 is 9.80 Å². The zero-order chi connectivity index (χ0) is 19.2. The molecule has 1 aliphatic heterocycles. The molecule has 1 saturated heterocycles. The summed E-state index contributed by atoms with van der Waals surface area (Å²) in [5.41, 5.74) is 2.09. The Morgan fingerprint density at radius 3 is 2.19 bits per heavy atom. The summed E-state index contributed by atoms with van der Waals surface area (Å²) in [7, 11) is 0. The van der Waals surface area contributed by atoms with Crippen molar-refractivity contribution < 1.29 is 13.2 Å². The van der Waals surface area contributed by atoms with Crippen molar-refractivity contribution in [3.8, 4) is 0 Å². The van der Waals surface area contributed by atoms with E-state index in [2.05, 4.69) is 14.9 Å². The molecule has 0 atom stereocenters. The zero-order valence-corrected chi connectivity index (χ0v) is 15.9. The first-order valence-electron chi connectivity index (χ1n) is 8.74. The van der Waals surface area contributed by atoms with Gasteiger partial charge >= 0.3 is 6.18 Å². The van der Waals surface area contributed by atoms with E-state index in [1.807, 2.05) is 49.1 Å². The van der Waals surface area contributed by atoms with Gasteiger partial charge in [0.05, 0.1) is 5.39 Å². The molecule has 4 nitrogen and oxygen atoms in total. The van der Waals surface area contributed by atoms with Gasteiger partial charge in [0.25, 0.3) is 0 Å². The van der Waals surface area contributed by atoms with E-state index in [1.54, 1.807) is 0 Å². The van der Waals surface area contributed by atoms with Crippen LogP contribution in [0.2, 0.25) is 0 Å². The van der Waals surface area contributed by atoms with Crippen LogP contribution in [0.5, 0.6) is 0 Å². The maximum atomic E-state index is 13.3. The molecule has 3 aromatic rings. The SMILES string of the molecule is Cc1sc2nc(C(F)(F)F)nc(N3CCN(c4ccccc4)CC3)c2c1C. The maximum Gasteiger partial charge on any atom is 0.451 e. The van der Waals surface area contributed by atoms with Crippen LogP contribution in [0, 0.1) is 13.8 Å². The lowest BCUT2D eigenvalue weighted by molar-refractivity contribution is -0.144. The van der Waals surface area contributed by atoms with E-state index in [-0.39, 0.29) is 0 Å². The molecule has 0 spiro atoms. The van der Waals surface area contributed by atoms with Crippen LogP contribution in [0.15, 0.2) is 30.3 Å². The van der Waals surface area contributed by atoms with Gasteiger partial charge in [0.15, 0.2) is 0 Å². The summed E-state index contributed by atoms with van der Waals surface area (Å²) in [6.07, 6.45) is -4.55. The topological polar surface area (TPSA) is 32.3 Å². The van der Waals surface area contributed by atoms with Crippen LogP contribution in [-0.4, -0.2) is 36.1 Å². The minimum atomic E-state index is -4.55. The Hall–Kier alpha value is -2.35. The van der Waals surface area contributed by atoms with Gasteiger partial charge in [-0.3, -0.25) is 0 Å². The molecule has 142 valence electrons. The molecule has 0 radical (unpaired) electrons. The molecular weight excluding hydrogens is 373 g/mol. The number of rotatable bonds is 2. The molecule has 0 unspecified atom stereocenters. The van der Waals surface area contributed by atoms with Gasteiger partial charge < -0.3 is 9.80 Å². The average molecular weight is 392 g/mol. The maximum absolute atomic E-state index is 13.3. The lowest BCUT2D eigenvalue weighted by Gasteiger charge is -2.37. The summed E-state index contributed by atoms with van der Waals surface area (Å²) in [5.74, 6) is -0.654. The van der Waals surface area contributed by atoms with Gasteiger partial charge in [-0.05, 0) is 31.5 Å². The van der Waals surface area contributed by atoms with Crippen molar-refractivity contribution in [3.63, 3.8) is 0 Å². The van der Waals surface area contributed by atoms with Gasteiger partial charge in [-0.15, -0.1) is 11.3 Å². The van der Waals surface area contributed by atoms with Crippen molar-refractivity contribution in [1.29, 1.82) is 0 Å². The fraction of sp³-hybridized carbons (Fsp3) is 0.368. The Balaban J connectivity index is 1.69. The van der Waals surface area contributed by atoms with Crippen LogP contribution in [0.25, 0.3) is 10.2 Å². The summed E-state index contributed by atoms with van der Waals surface area (Å²) < 4.78 is 39.9. The summed E-state index contributed by atoms with van der Waals surface area (Å²) >= 11 is 1.30. The van der Waals surface area contributed by atoms with E-state index in [4.69, 9.17) is 0 Å². The molecule has 1 aliphatic rings. The largest absolute Gasteiger partial charge is 0.451 e. The highest BCUT2D eigenvalue weighted by atomic mass is 32.1. The molecular formula is C19H19F3N4S. The van der Waals surface area contributed by atoms with Crippen LogP contribution in [0.4, 0.5) is 24.7 Å². The zero-order valence-electron chi connectivity index (χ0n) is 15.0. The first kappa shape index (κ1) is 18.0. The van der Waals surface area contributed by atoms with Gasteiger partial charge in [0.1, 0.15) is 10.6 Å². The standard InChI is InChI=1S/C19H19F3N4S/c1-12-13(2)27-17-15(12)16(23-18(24-17)19(20,21)22)26-10-8-25(9-11-26)14-6-4-3-5-7-14/h3-7H,8-11H2,1-2H3. The van der Waals surface area contributed by atoms with Crippen molar-refractivity contribution in [2.45, 2.75) is 20.0 Å². The third-order valence-corrected chi connectivity index (χ3v) is 6.06. The number of benzene rings is 1. The first-order valence-corrected chi connectivity index (χ1v) is 9.56. The number of nitrogens with zero attached hydrogens (tertiary/aromatic N) is 4. The summed E-state index contributed by atoms with van der Waals surface area (Å²) in [5, 5.41) is 0.749. The second kappa shape index (κ2) is 6.67. The molecule has 0 saturated carbocycles. The van der Waals surface area contributed by atoms with E-state index in [1.165, 1.54) is 11.3 Å². The number of para-hydroxylation sites is 1. The van der Waals surface area contributed by atoms with Gasteiger partial charge in [0.2, 0.25) is 5.82 Å². The number of fused-ring (bicyclic) bond motifs is 1. The summed E-state index contributed by atoms with van der Waals surface area (Å²) in [4.78, 5) is 13.3. The normalized spacial score (nSPS) is 15.6. The van der Waals surface area contributed by atoms with Crippen molar-refractivity contribution in [1.82, 2.24) is 9.97 Å².